The van der Waals surface area contributed by atoms with E-state index in [9.17, 15) is 29.7 Å². The summed E-state index contributed by atoms with van der Waals surface area (Å²) in [5.41, 5.74) is -1.54. The lowest BCUT2D eigenvalue weighted by molar-refractivity contribution is -0.178. The average molecular weight is 509 g/mol. The summed E-state index contributed by atoms with van der Waals surface area (Å²) in [7, 11) is 0. The van der Waals surface area contributed by atoms with Crippen LogP contribution >= 0.6 is 0 Å². The topological polar surface area (TPSA) is 169 Å². The Bertz CT molecular complexity index is 934. The first-order valence-electron chi connectivity index (χ1n) is 12.6. The van der Waals surface area contributed by atoms with E-state index in [1.165, 1.54) is 0 Å². The van der Waals surface area contributed by atoms with Gasteiger partial charge in [0.25, 0.3) is 5.97 Å². The largest absolute Gasteiger partial charge is 0.481 e. The SMILES string of the molecule is CC(=O)O.CCCC(=O)O.C[C@]12C=CC(=O)C=C1CC[C@@H]1[C@@H]2[C@@H](O)C[C@@]2(C)[C@H]1CC[C@]2(O)C(=O)CO. The second-order valence-electron chi connectivity index (χ2n) is 10.9. The smallest absolute Gasteiger partial charge is 0.303 e. The van der Waals surface area contributed by atoms with E-state index in [1.807, 2.05) is 19.9 Å². The highest BCUT2D eigenvalue weighted by molar-refractivity contribution is 6.01. The number of rotatable bonds is 4. The Morgan fingerprint density at radius 3 is 2.25 bits per heavy atom. The quantitative estimate of drug-likeness (QED) is 0.383. The number of hydrogen-bond acceptors (Lipinski definition) is 7. The molecule has 0 aromatic rings. The molecular formula is C27H40O9. The van der Waals surface area contributed by atoms with Gasteiger partial charge in [0.2, 0.25) is 0 Å². The van der Waals surface area contributed by atoms with Gasteiger partial charge in [-0.3, -0.25) is 19.2 Å². The molecule has 4 aliphatic rings. The first-order valence-corrected chi connectivity index (χ1v) is 12.6. The van der Waals surface area contributed by atoms with E-state index in [1.54, 1.807) is 12.2 Å². The number of hydrogen-bond donors (Lipinski definition) is 5. The van der Waals surface area contributed by atoms with E-state index in [-0.39, 0.29) is 29.0 Å². The van der Waals surface area contributed by atoms with Crippen molar-refractivity contribution >= 4 is 23.5 Å². The van der Waals surface area contributed by atoms with Crippen molar-refractivity contribution < 1.29 is 44.7 Å². The first-order chi connectivity index (χ1) is 16.7. The fraction of sp³-hybridized carbons (Fsp3) is 0.704. The van der Waals surface area contributed by atoms with Crippen molar-refractivity contribution in [3.8, 4) is 0 Å². The van der Waals surface area contributed by atoms with E-state index in [2.05, 4.69) is 6.92 Å². The molecule has 3 saturated carbocycles. The van der Waals surface area contributed by atoms with Crippen LogP contribution in [0.1, 0.15) is 72.6 Å². The minimum atomic E-state index is -1.56. The summed E-state index contributed by atoms with van der Waals surface area (Å²) in [6.45, 7) is 6.27. The standard InChI is InChI=1S/C21H28O5.C4H8O2.C2H4O2/c1-19-7-5-13(23)9-12(19)3-4-14-15-6-8-21(26,17(25)11-22)20(15,2)10-16(24)18(14)19;1-2-3-4(5)6;1-2(3)4/h5,7,9,14-16,18,22,24,26H,3-4,6,8,10-11H2,1-2H3;2-3H2,1H3,(H,5,6);1H3,(H,3,4)/t14-,15-,16-,18+,19-,20-,21-;;/m0../s1. The van der Waals surface area contributed by atoms with Crippen molar-refractivity contribution in [1.29, 1.82) is 0 Å². The number of carbonyl (C=O) groups excluding carboxylic acids is 2. The molecule has 0 heterocycles. The highest BCUT2D eigenvalue weighted by Crippen LogP contribution is 2.67. The Morgan fingerprint density at radius 1 is 1.14 bits per heavy atom. The molecule has 0 amide bonds. The number of ketones is 2. The zero-order valence-electron chi connectivity index (χ0n) is 21.6. The Labute approximate surface area is 211 Å². The molecule has 36 heavy (non-hydrogen) atoms. The van der Waals surface area contributed by atoms with Crippen LogP contribution in [0.5, 0.6) is 0 Å². The lowest BCUT2D eigenvalue weighted by Crippen LogP contribution is -2.61. The van der Waals surface area contributed by atoms with Gasteiger partial charge < -0.3 is 25.5 Å². The van der Waals surface area contributed by atoms with Gasteiger partial charge in [0.1, 0.15) is 12.2 Å². The maximum absolute atomic E-state index is 12.4. The summed E-state index contributed by atoms with van der Waals surface area (Å²) < 4.78 is 0. The number of carbonyl (C=O) groups is 4. The predicted octanol–water partition coefficient (Wildman–Crippen LogP) is 2.52. The summed E-state index contributed by atoms with van der Waals surface area (Å²) in [6.07, 6.45) is 8.71. The first kappa shape index (κ1) is 29.9. The molecule has 0 spiro atoms. The minimum Gasteiger partial charge on any atom is -0.481 e. The number of aliphatic carboxylic acids is 2. The molecule has 0 aliphatic heterocycles. The maximum atomic E-state index is 12.4. The summed E-state index contributed by atoms with van der Waals surface area (Å²) >= 11 is 0. The van der Waals surface area contributed by atoms with Gasteiger partial charge in [-0.15, -0.1) is 0 Å². The molecule has 9 heteroatoms. The Kier molecular flexibility index (Phi) is 9.42. The van der Waals surface area contributed by atoms with Crippen molar-refractivity contribution in [3.05, 3.63) is 23.8 Å². The van der Waals surface area contributed by atoms with Crippen LogP contribution in [0.4, 0.5) is 0 Å². The van der Waals surface area contributed by atoms with Crippen molar-refractivity contribution in [2.75, 3.05) is 6.61 Å². The van der Waals surface area contributed by atoms with E-state index < -0.39 is 41.4 Å². The zero-order chi connectivity index (χ0) is 27.5. The molecule has 3 fully saturated rings. The van der Waals surface area contributed by atoms with Crippen LogP contribution in [0.15, 0.2) is 23.8 Å². The average Bonchev–Trinajstić information content (AvgIpc) is 3.04. The molecule has 202 valence electrons. The Hall–Kier alpha value is -2.36. The summed E-state index contributed by atoms with van der Waals surface area (Å²) in [6, 6.07) is 0. The molecule has 5 N–H and O–H groups in total. The molecule has 4 aliphatic carbocycles. The molecule has 0 radical (unpaired) electrons. The van der Waals surface area contributed by atoms with Gasteiger partial charge in [0, 0.05) is 30.1 Å². The van der Waals surface area contributed by atoms with E-state index >= 15 is 0 Å². The fourth-order valence-electron chi connectivity index (χ4n) is 7.13. The lowest BCUT2D eigenvalue weighted by atomic mass is 9.46. The molecule has 0 saturated heterocycles. The number of aliphatic hydroxyl groups is 3. The van der Waals surface area contributed by atoms with Crippen molar-refractivity contribution in [3.63, 3.8) is 0 Å². The van der Waals surface area contributed by atoms with Gasteiger partial charge in [-0.05, 0) is 62.5 Å². The molecule has 0 bridgehead atoms. The second-order valence-corrected chi connectivity index (χ2v) is 10.9. The molecule has 0 aromatic heterocycles. The molecule has 4 rings (SSSR count). The van der Waals surface area contributed by atoms with Crippen LogP contribution in [0.25, 0.3) is 0 Å². The van der Waals surface area contributed by atoms with Crippen LogP contribution in [-0.2, 0) is 19.2 Å². The van der Waals surface area contributed by atoms with Gasteiger partial charge in [-0.1, -0.05) is 32.4 Å². The van der Waals surface area contributed by atoms with E-state index in [0.29, 0.717) is 19.3 Å². The number of allylic oxidation sites excluding steroid dienone is 4. The normalized spacial score (nSPS) is 38.1. The van der Waals surface area contributed by atoms with Crippen LogP contribution < -0.4 is 0 Å². The summed E-state index contributed by atoms with van der Waals surface area (Å²) in [5, 5.41) is 47.0. The number of Topliss-reactive ketones (excluding diaryl/α,β-unsaturated/α-hetero) is 1. The van der Waals surface area contributed by atoms with E-state index in [0.717, 1.165) is 38.2 Å². The van der Waals surface area contributed by atoms with Crippen molar-refractivity contribution in [1.82, 2.24) is 0 Å². The zero-order valence-corrected chi connectivity index (χ0v) is 21.6. The Balaban J connectivity index is 0.000000390. The molecular weight excluding hydrogens is 468 g/mol. The van der Waals surface area contributed by atoms with Gasteiger partial charge in [-0.2, -0.15) is 0 Å². The minimum absolute atomic E-state index is 0.00912. The highest BCUT2D eigenvalue weighted by atomic mass is 16.4. The lowest BCUT2D eigenvalue weighted by Gasteiger charge is -2.59. The molecule has 7 atom stereocenters. The third kappa shape index (κ3) is 5.48. The number of carboxylic acids is 2. The third-order valence-corrected chi connectivity index (χ3v) is 8.72. The summed E-state index contributed by atoms with van der Waals surface area (Å²) in [4.78, 5) is 42.8. The summed E-state index contributed by atoms with van der Waals surface area (Å²) in [5.74, 6) is -1.77. The van der Waals surface area contributed by atoms with Crippen LogP contribution in [0.3, 0.4) is 0 Å². The van der Waals surface area contributed by atoms with Gasteiger partial charge >= 0.3 is 5.97 Å². The van der Waals surface area contributed by atoms with Crippen molar-refractivity contribution in [2.45, 2.75) is 84.3 Å². The molecule has 9 nitrogen and oxygen atoms in total. The highest BCUT2D eigenvalue weighted by Gasteiger charge is 2.67. The predicted molar refractivity (Wildman–Crippen MR) is 131 cm³/mol. The fourth-order valence-corrected chi connectivity index (χ4v) is 7.13. The molecule has 0 aromatic carbocycles. The number of fused-ring (bicyclic) bond motifs is 5. The second kappa shape index (κ2) is 11.4. The van der Waals surface area contributed by atoms with Crippen LogP contribution in [-0.4, -0.2) is 67.3 Å². The van der Waals surface area contributed by atoms with Crippen molar-refractivity contribution in [2.24, 2.45) is 28.6 Å². The number of aliphatic hydroxyl groups excluding tert-OH is 2. The van der Waals surface area contributed by atoms with Gasteiger partial charge in [0.05, 0.1) is 6.10 Å². The van der Waals surface area contributed by atoms with Crippen LogP contribution in [0.2, 0.25) is 0 Å². The maximum Gasteiger partial charge on any atom is 0.303 e. The van der Waals surface area contributed by atoms with E-state index in [4.69, 9.17) is 15.0 Å². The third-order valence-electron chi connectivity index (χ3n) is 8.72. The van der Waals surface area contributed by atoms with Crippen LogP contribution in [0, 0.1) is 28.6 Å². The Morgan fingerprint density at radius 2 is 1.75 bits per heavy atom. The van der Waals surface area contributed by atoms with Gasteiger partial charge in [-0.25, -0.2) is 0 Å². The monoisotopic (exact) mass is 508 g/mol. The number of carboxylic acid groups (broad SMARTS) is 2. The molecule has 0 unspecified atom stereocenters. The van der Waals surface area contributed by atoms with Gasteiger partial charge in [0.15, 0.2) is 11.6 Å².